The highest BCUT2D eigenvalue weighted by Gasteiger charge is 2.08. The van der Waals surface area contributed by atoms with Crippen LogP contribution in [0, 0.1) is 6.92 Å². The number of aromatic amines is 1. The van der Waals surface area contributed by atoms with Crippen molar-refractivity contribution in [1.29, 1.82) is 0 Å². The molecule has 3 aromatic rings. The lowest BCUT2D eigenvalue weighted by molar-refractivity contribution is 0.269. The van der Waals surface area contributed by atoms with Gasteiger partial charge in [-0.15, -0.1) is 0 Å². The molecular formula is C16H19N5O. The molecule has 0 radical (unpaired) electrons. The van der Waals surface area contributed by atoms with E-state index in [4.69, 9.17) is 5.11 Å². The summed E-state index contributed by atoms with van der Waals surface area (Å²) in [6.07, 6.45) is 5.47. The predicted octanol–water partition coefficient (Wildman–Crippen LogP) is 2.19. The van der Waals surface area contributed by atoms with Crippen LogP contribution in [0.4, 0.5) is 5.69 Å². The zero-order chi connectivity index (χ0) is 15.4. The highest BCUT2D eigenvalue weighted by molar-refractivity contribution is 5.63. The molecule has 0 aliphatic heterocycles. The lowest BCUT2D eigenvalue weighted by Crippen LogP contribution is -2.02. The summed E-state index contributed by atoms with van der Waals surface area (Å²) < 4.78 is 1.71. The summed E-state index contributed by atoms with van der Waals surface area (Å²) in [5.41, 5.74) is 5.39. The third-order valence-corrected chi connectivity index (χ3v) is 3.47. The number of anilines is 1. The van der Waals surface area contributed by atoms with E-state index in [1.54, 1.807) is 10.9 Å². The number of rotatable bonds is 6. The van der Waals surface area contributed by atoms with Gasteiger partial charge < -0.3 is 10.4 Å². The van der Waals surface area contributed by atoms with Crippen LogP contribution in [0.3, 0.4) is 0 Å². The molecule has 0 aliphatic rings. The van der Waals surface area contributed by atoms with Gasteiger partial charge in [-0.25, -0.2) is 0 Å². The average molecular weight is 297 g/mol. The van der Waals surface area contributed by atoms with Crippen molar-refractivity contribution in [3.05, 3.63) is 54.0 Å². The summed E-state index contributed by atoms with van der Waals surface area (Å²) in [7, 11) is 0. The van der Waals surface area contributed by atoms with Crippen LogP contribution in [0.25, 0.3) is 11.3 Å². The SMILES string of the molecule is Cc1cccc(-c2[nH]ncc2CNc2cnn(CCO)c2)c1. The number of nitrogens with one attached hydrogen (secondary N) is 2. The quantitative estimate of drug-likeness (QED) is 0.651. The van der Waals surface area contributed by atoms with Crippen molar-refractivity contribution in [2.45, 2.75) is 20.0 Å². The second-order valence-corrected chi connectivity index (χ2v) is 5.21. The van der Waals surface area contributed by atoms with Gasteiger partial charge in [0, 0.05) is 23.9 Å². The Bertz CT molecular complexity index is 746. The Hall–Kier alpha value is -2.60. The average Bonchev–Trinajstić information content (AvgIpc) is 3.14. The smallest absolute Gasteiger partial charge is 0.0729 e. The van der Waals surface area contributed by atoms with Gasteiger partial charge in [0.15, 0.2) is 0 Å². The molecule has 6 nitrogen and oxygen atoms in total. The standard InChI is InChI=1S/C16H19N5O/c1-12-3-2-4-13(7-12)16-14(9-18-20-16)8-17-15-10-19-21(11-15)5-6-22/h2-4,7,9-11,17,22H,5-6,8H2,1H3,(H,18,20). The number of aromatic nitrogens is 4. The number of hydrogen-bond donors (Lipinski definition) is 3. The second-order valence-electron chi connectivity index (χ2n) is 5.21. The van der Waals surface area contributed by atoms with Crippen molar-refractivity contribution in [3.63, 3.8) is 0 Å². The lowest BCUT2D eigenvalue weighted by Gasteiger charge is -2.06. The third-order valence-electron chi connectivity index (χ3n) is 3.47. The summed E-state index contributed by atoms with van der Waals surface area (Å²) >= 11 is 0. The molecule has 0 saturated heterocycles. The fourth-order valence-electron chi connectivity index (χ4n) is 2.37. The van der Waals surface area contributed by atoms with Gasteiger partial charge in [-0.2, -0.15) is 10.2 Å². The van der Waals surface area contributed by atoms with Gasteiger partial charge in [0.1, 0.15) is 0 Å². The number of nitrogens with zero attached hydrogens (tertiary/aromatic N) is 3. The Morgan fingerprint density at radius 1 is 1.32 bits per heavy atom. The van der Waals surface area contributed by atoms with Crippen LogP contribution in [-0.4, -0.2) is 31.7 Å². The number of H-pyrrole nitrogens is 1. The van der Waals surface area contributed by atoms with E-state index in [1.165, 1.54) is 5.56 Å². The van der Waals surface area contributed by atoms with Crippen LogP contribution in [-0.2, 0) is 13.1 Å². The van der Waals surface area contributed by atoms with E-state index >= 15 is 0 Å². The van der Waals surface area contributed by atoms with E-state index < -0.39 is 0 Å². The number of hydrogen-bond acceptors (Lipinski definition) is 4. The Balaban J connectivity index is 1.72. The highest BCUT2D eigenvalue weighted by atomic mass is 16.3. The Labute approximate surface area is 128 Å². The largest absolute Gasteiger partial charge is 0.394 e. The van der Waals surface area contributed by atoms with Crippen molar-refractivity contribution in [2.24, 2.45) is 0 Å². The van der Waals surface area contributed by atoms with E-state index in [-0.39, 0.29) is 6.61 Å². The normalized spacial score (nSPS) is 10.8. The summed E-state index contributed by atoms with van der Waals surface area (Å²) in [4.78, 5) is 0. The zero-order valence-corrected chi connectivity index (χ0v) is 12.5. The monoisotopic (exact) mass is 297 g/mol. The van der Waals surface area contributed by atoms with Crippen molar-refractivity contribution >= 4 is 5.69 Å². The predicted molar refractivity (Wildman–Crippen MR) is 85.4 cm³/mol. The van der Waals surface area contributed by atoms with Crippen molar-refractivity contribution < 1.29 is 5.11 Å². The molecule has 114 valence electrons. The van der Waals surface area contributed by atoms with Crippen LogP contribution in [0.2, 0.25) is 0 Å². The molecule has 6 heteroatoms. The molecule has 0 bridgehead atoms. The summed E-state index contributed by atoms with van der Waals surface area (Å²) in [6.45, 7) is 3.32. The minimum Gasteiger partial charge on any atom is -0.394 e. The van der Waals surface area contributed by atoms with Gasteiger partial charge in [0.25, 0.3) is 0 Å². The first-order valence-corrected chi connectivity index (χ1v) is 7.23. The molecule has 0 amide bonds. The number of aliphatic hydroxyl groups is 1. The van der Waals surface area contributed by atoms with Crippen LogP contribution in [0.1, 0.15) is 11.1 Å². The molecule has 3 rings (SSSR count). The molecule has 0 saturated carbocycles. The fraction of sp³-hybridized carbons (Fsp3) is 0.250. The van der Waals surface area contributed by atoms with E-state index in [9.17, 15) is 0 Å². The third kappa shape index (κ3) is 3.17. The van der Waals surface area contributed by atoms with E-state index in [0.29, 0.717) is 13.1 Å². The maximum absolute atomic E-state index is 8.90. The number of aryl methyl sites for hydroxylation is 1. The van der Waals surface area contributed by atoms with E-state index in [1.807, 2.05) is 18.5 Å². The van der Waals surface area contributed by atoms with Gasteiger partial charge >= 0.3 is 0 Å². The molecule has 0 spiro atoms. The first kappa shape index (κ1) is 14.3. The van der Waals surface area contributed by atoms with E-state index in [0.717, 1.165) is 22.5 Å². The van der Waals surface area contributed by atoms with Crippen molar-refractivity contribution in [1.82, 2.24) is 20.0 Å². The maximum Gasteiger partial charge on any atom is 0.0729 e. The molecular weight excluding hydrogens is 278 g/mol. The topological polar surface area (TPSA) is 78.8 Å². The number of benzene rings is 1. The van der Waals surface area contributed by atoms with Crippen molar-refractivity contribution in [3.8, 4) is 11.3 Å². The number of aliphatic hydroxyl groups excluding tert-OH is 1. The van der Waals surface area contributed by atoms with Gasteiger partial charge in [-0.05, 0) is 13.0 Å². The Morgan fingerprint density at radius 2 is 2.23 bits per heavy atom. The molecule has 0 fully saturated rings. The first-order valence-electron chi connectivity index (χ1n) is 7.23. The van der Waals surface area contributed by atoms with Gasteiger partial charge in [0.05, 0.1) is 36.9 Å². The molecule has 2 aromatic heterocycles. The molecule has 1 aromatic carbocycles. The summed E-state index contributed by atoms with van der Waals surface area (Å²) in [5, 5.41) is 23.6. The lowest BCUT2D eigenvalue weighted by atomic mass is 10.1. The Kier molecular flexibility index (Phi) is 4.20. The van der Waals surface area contributed by atoms with Crippen LogP contribution in [0.5, 0.6) is 0 Å². The minimum atomic E-state index is 0.0837. The summed E-state index contributed by atoms with van der Waals surface area (Å²) in [6, 6.07) is 8.33. The molecule has 0 unspecified atom stereocenters. The molecule has 0 atom stereocenters. The van der Waals surface area contributed by atoms with Gasteiger partial charge in [-0.1, -0.05) is 23.8 Å². The fourth-order valence-corrected chi connectivity index (χ4v) is 2.37. The maximum atomic E-state index is 8.90. The second kappa shape index (κ2) is 6.44. The van der Waals surface area contributed by atoms with E-state index in [2.05, 4.69) is 45.7 Å². The summed E-state index contributed by atoms with van der Waals surface area (Å²) in [5.74, 6) is 0. The van der Waals surface area contributed by atoms with Crippen LogP contribution < -0.4 is 5.32 Å². The van der Waals surface area contributed by atoms with Gasteiger partial charge in [0.2, 0.25) is 0 Å². The molecule has 0 aliphatic carbocycles. The Morgan fingerprint density at radius 3 is 3.05 bits per heavy atom. The van der Waals surface area contributed by atoms with Gasteiger partial charge in [-0.3, -0.25) is 9.78 Å². The molecule has 22 heavy (non-hydrogen) atoms. The molecule has 3 N–H and O–H groups in total. The minimum absolute atomic E-state index is 0.0837. The van der Waals surface area contributed by atoms with Crippen LogP contribution >= 0.6 is 0 Å². The molecule has 2 heterocycles. The van der Waals surface area contributed by atoms with Crippen molar-refractivity contribution in [2.75, 3.05) is 11.9 Å². The highest BCUT2D eigenvalue weighted by Crippen LogP contribution is 2.22. The first-order chi connectivity index (χ1) is 10.8. The zero-order valence-electron chi connectivity index (χ0n) is 12.5. The van der Waals surface area contributed by atoms with Crippen LogP contribution in [0.15, 0.2) is 42.9 Å².